The number of amidine groups is 1. The highest BCUT2D eigenvalue weighted by Gasteiger charge is 2.38. The second-order valence-corrected chi connectivity index (χ2v) is 6.48. The third-order valence-electron chi connectivity index (χ3n) is 3.19. The van der Waals surface area contributed by atoms with Crippen LogP contribution in [0, 0.1) is 5.41 Å². The zero-order chi connectivity index (χ0) is 10.6. The highest BCUT2D eigenvalue weighted by molar-refractivity contribution is 7.99. The van der Waals surface area contributed by atoms with Gasteiger partial charge < -0.3 is 5.32 Å². The van der Waals surface area contributed by atoms with Crippen LogP contribution in [0.3, 0.4) is 0 Å². The largest absolute Gasteiger partial charge is 0.372 e. The third kappa shape index (κ3) is 2.64. The molecule has 1 atom stereocenters. The molecule has 2 rings (SSSR count). The molecule has 1 unspecified atom stereocenters. The van der Waals surface area contributed by atoms with Crippen LogP contribution in [0.4, 0.5) is 0 Å². The van der Waals surface area contributed by atoms with Crippen molar-refractivity contribution in [2.45, 2.75) is 26.2 Å². The maximum absolute atomic E-state index is 4.75. The van der Waals surface area contributed by atoms with E-state index in [1.165, 1.54) is 42.4 Å². The number of thioether (sulfide) groups is 2. The number of aliphatic imine (C=N–C) groups is 1. The first-order valence-electron chi connectivity index (χ1n) is 5.82. The molecule has 0 aliphatic carbocycles. The van der Waals surface area contributed by atoms with Crippen LogP contribution in [0.25, 0.3) is 0 Å². The van der Waals surface area contributed by atoms with Crippen LogP contribution in [0.2, 0.25) is 0 Å². The average molecular weight is 244 g/mol. The second-order valence-electron chi connectivity index (χ2n) is 4.30. The van der Waals surface area contributed by atoms with Crippen LogP contribution < -0.4 is 5.32 Å². The van der Waals surface area contributed by atoms with Crippen LogP contribution in [0.15, 0.2) is 4.99 Å². The van der Waals surface area contributed by atoms with Crippen molar-refractivity contribution in [1.29, 1.82) is 0 Å². The Morgan fingerprint density at radius 3 is 3.07 bits per heavy atom. The van der Waals surface area contributed by atoms with Crippen molar-refractivity contribution in [3.8, 4) is 0 Å². The van der Waals surface area contributed by atoms with E-state index in [1.54, 1.807) is 0 Å². The zero-order valence-corrected chi connectivity index (χ0v) is 11.1. The summed E-state index contributed by atoms with van der Waals surface area (Å²) in [6, 6.07) is 0. The Labute approximate surface area is 101 Å². The molecule has 0 saturated carbocycles. The molecule has 0 amide bonds. The van der Waals surface area contributed by atoms with Gasteiger partial charge in [0.1, 0.15) is 5.84 Å². The van der Waals surface area contributed by atoms with Gasteiger partial charge in [0, 0.05) is 23.5 Å². The SMILES string of the molecule is CCCC1(C2=NCSCCN2)CCSC1. The van der Waals surface area contributed by atoms with E-state index in [1.807, 2.05) is 11.8 Å². The van der Waals surface area contributed by atoms with E-state index >= 15 is 0 Å². The topological polar surface area (TPSA) is 24.4 Å². The number of rotatable bonds is 3. The molecule has 2 heterocycles. The molecule has 86 valence electrons. The standard InChI is InChI=1S/C11H20N2S2/c1-2-3-11(4-6-14-8-11)10-12-5-7-15-9-13-10/h2-9H2,1H3,(H,12,13). The van der Waals surface area contributed by atoms with Gasteiger partial charge in [0.2, 0.25) is 0 Å². The van der Waals surface area contributed by atoms with E-state index in [4.69, 9.17) is 4.99 Å². The molecule has 2 nitrogen and oxygen atoms in total. The fourth-order valence-electron chi connectivity index (χ4n) is 2.42. The minimum absolute atomic E-state index is 0.393. The zero-order valence-electron chi connectivity index (χ0n) is 9.42. The lowest BCUT2D eigenvalue weighted by Gasteiger charge is -2.29. The lowest BCUT2D eigenvalue weighted by atomic mass is 9.81. The minimum atomic E-state index is 0.393. The summed E-state index contributed by atoms with van der Waals surface area (Å²) in [7, 11) is 0. The van der Waals surface area contributed by atoms with Gasteiger partial charge in [-0.2, -0.15) is 11.8 Å². The van der Waals surface area contributed by atoms with Crippen molar-refractivity contribution in [3.05, 3.63) is 0 Å². The Morgan fingerprint density at radius 2 is 2.33 bits per heavy atom. The molecule has 1 N–H and O–H groups in total. The predicted octanol–water partition coefficient (Wildman–Crippen LogP) is 2.60. The van der Waals surface area contributed by atoms with Crippen LogP contribution in [0.1, 0.15) is 26.2 Å². The van der Waals surface area contributed by atoms with Gasteiger partial charge in [-0.05, 0) is 18.6 Å². The van der Waals surface area contributed by atoms with Crippen LogP contribution in [-0.4, -0.2) is 35.5 Å². The van der Waals surface area contributed by atoms with Gasteiger partial charge >= 0.3 is 0 Å². The van der Waals surface area contributed by atoms with Gasteiger partial charge in [0.25, 0.3) is 0 Å². The van der Waals surface area contributed by atoms with Gasteiger partial charge in [0.15, 0.2) is 0 Å². The molecule has 2 aliphatic heterocycles. The van der Waals surface area contributed by atoms with Gasteiger partial charge in [-0.1, -0.05) is 13.3 Å². The quantitative estimate of drug-likeness (QED) is 0.826. The summed E-state index contributed by atoms with van der Waals surface area (Å²) < 4.78 is 0. The van der Waals surface area contributed by atoms with E-state index in [0.29, 0.717) is 5.41 Å². The van der Waals surface area contributed by atoms with Crippen LogP contribution in [-0.2, 0) is 0 Å². The number of hydrogen-bond acceptors (Lipinski definition) is 4. The predicted molar refractivity (Wildman–Crippen MR) is 72.0 cm³/mol. The number of nitrogens with one attached hydrogen (secondary N) is 1. The lowest BCUT2D eigenvalue weighted by molar-refractivity contribution is 0.421. The molecule has 1 fully saturated rings. The Kier molecular flexibility index (Phi) is 4.26. The van der Waals surface area contributed by atoms with Gasteiger partial charge in [-0.15, -0.1) is 11.8 Å². The maximum Gasteiger partial charge on any atom is 0.104 e. The molecule has 4 heteroatoms. The molecule has 2 aliphatic rings. The molecule has 1 saturated heterocycles. The molecular formula is C11H20N2S2. The lowest BCUT2D eigenvalue weighted by Crippen LogP contribution is -2.41. The summed E-state index contributed by atoms with van der Waals surface area (Å²) in [6.07, 6.45) is 3.90. The molecule has 0 bridgehead atoms. The Balaban J connectivity index is 2.11. The molecule has 0 aromatic carbocycles. The van der Waals surface area contributed by atoms with Crippen LogP contribution in [0.5, 0.6) is 0 Å². The molecular weight excluding hydrogens is 224 g/mol. The molecule has 0 spiro atoms. The summed E-state index contributed by atoms with van der Waals surface area (Å²) in [4.78, 5) is 4.75. The monoisotopic (exact) mass is 244 g/mol. The molecule has 0 radical (unpaired) electrons. The second kappa shape index (κ2) is 5.48. The number of nitrogens with zero attached hydrogens (tertiary/aromatic N) is 1. The van der Waals surface area contributed by atoms with E-state index in [2.05, 4.69) is 24.0 Å². The van der Waals surface area contributed by atoms with Crippen molar-refractivity contribution >= 4 is 29.4 Å². The van der Waals surface area contributed by atoms with Crippen molar-refractivity contribution in [3.63, 3.8) is 0 Å². The summed E-state index contributed by atoms with van der Waals surface area (Å²) in [5, 5.41) is 3.56. The summed E-state index contributed by atoms with van der Waals surface area (Å²) >= 11 is 4.03. The van der Waals surface area contributed by atoms with Gasteiger partial charge in [-0.3, -0.25) is 4.99 Å². The van der Waals surface area contributed by atoms with E-state index in [-0.39, 0.29) is 0 Å². The van der Waals surface area contributed by atoms with Crippen molar-refractivity contribution in [2.24, 2.45) is 10.4 Å². The van der Waals surface area contributed by atoms with Crippen molar-refractivity contribution in [2.75, 3.05) is 29.7 Å². The van der Waals surface area contributed by atoms with Gasteiger partial charge in [-0.25, -0.2) is 0 Å². The van der Waals surface area contributed by atoms with E-state index < -0.39 is 0 Å². The average Bonchev–Trinajstić information content (AvgIpc) is 2.54. The first kappa shape index (κ1) is 11.6. The summed E-state index contributed by atoms with van der Waals surface area (Å²) in [5.41, 5.74) is 0.393. The first-order chi connectivity index (χ1) is 7.37. The minimum Gasteiger partial charge on any atom is -0.372 e. The Bertz CT molecular complexity index is 235. The van der Waals surface area contributed by atoms with E-state index in [9.17, 15) is 0 Å². The third-order valence-corrected chi connectivity index (χ3v) is 5.24. The fourth-order valence-corrected chi connectivity index (χ4v) is 4.51. The van der Waals surface area contributed by atoms with Gasteiger partial charge in [0.05, 0.1) is 5.88 Å². The van der Waals surface area contributed by atoms with E-state index in [0.717, 1.165) is 12.4 Å². The molecule has 15 heavy (non-hydrogen) atoms. The first-order valence-corrected chi connectivity index (χ1v) is 8.13. The fraction of sp³-hybridized carbons (Fsp3) is 0.909. The maximum atomic E-state index is 4.75. The molecule has 0 aromatic heterocycles. The normalized spacial score (nSPS) is 31.9. The van der Waals surface area contributed by atoms with Crippen molar-refractivity contribution < 1.29 is 0 Å². The smallest absolute Gasteiger partial charge is 0.104 e. The summed E-state index contributed by atoms with van der Waals surface area (Å²) in [5.74, 6) is 6.06. The number of hydrogen-bond donors (Lipinski definition) is 1. The summed E-state index contributed by atoms with van der Waals surface area (Å²) in [6.45, 7) is 3.39. The highest BCUT2D eigenvalue weighted by Crippen LogP contribution is 2.41. The Morgan fingerprint density at radius 1 is 1.40 bits per heavy atom. The van der Waals surface area contributed by atoms with Crippen LogP contribution >= 0.6 is 23.5 Å². The Hall–Kier alpha value is 0.170. The highest BCUT2D eigenvalue weighted by atomic mass is 32.2. The van der Waals surface area contributed by atoms with Crippen molar-refractivity contribution in [1.82, 2.24) is 5.32 Å². The molecule has 0 aromatic rings.